The third-order valence-electron chi connectivity index (χ3n) is 4.56. The van der Waals surface area contributed by atoms with Crippen molar-refractivity contribution in [2.24, 2.45) is 5.73 Å². The number of nitrogens with zero attached hydrogens (tertiary/aromatic N) is 3. The predicted octanol–water partition coefficient (Wildman–Crippen LogP) is 0.946. The van der Waals surface area contributed by atoms with Gasteiger partial charge in [-0.05, 0) is 33.6 Å². The van der Waals surface area contributed by atoms with E-state index in [2.05, 4.69) is 30.6 Å². The molecule has 0 aromatic heterocycles. The van der Waals surface area contributed by atoms with Crippen LogP contribution in [0.5, 0.6) is 0 Å². The number of piperazine rings is 1. The second kappa shape index (κ2) is 5.67. The summed E-state index contributed by atoms with van der Waals surface area (Å²) in [6, 6.07) is 0.413. The number of likely N-dealkylation sites (tertiary alicyclic amines) is 1. The molecule has 0 aromatic rings. The minimum absolute atomic E-state index is 0.276. The number of urea groups is 1. The van der Waals surface area contributed by atoms with Crippen molar-refractivity contribution in [3.63, 3.8) is 0 Å². The van der Waals surface area contributed by atoms with E-state index in [1.807, 2.05) is 0 Å². The fourth-order valence-corrected chi connectivity index (χ4v) is 3.21. The average Bonchev–Trinajstić information content (AvgIpc) is 2.38. The molecule has 0 bridgehead atoms. The van der Waals surface area contributed by atoms with Crippen LogP contribution in [0.1, 0.15) is 33.6 Å². The number of hydrogen-bond donors (Lipinski definition) is 1. The maximum Gasteiger partial charge on any atom is 0.314 e. The lowest BCUT2D eigenvalue weighted by Gasteiger charge is -2.45. The number of nitrogens with two attached hydrogens (primary N) is 1. The Kier molecular flexibility index (Phi) is 4.36. The molecule has 110 valence electrons. The van der Waals surface area contributed by atoms with Gasteiger partial charge in [-0.3, -0.25) is 9.80 Å². The molecule has 2 aliphatic rings. The van der Waals surface area contributed by atoms with Crippen LogP contribution >= 0.6 is 0 Å². The van der Waals surface area contributed by atoms with Crippen LogP contribution in [0.25, 0.3) is 0 Å². The summed E-state index contributed by atoms with van der Waals surface area (Å²) in [5.74, 6) is 0. The standard InChI is InChI=1S/C14H28N4O/c1-14(2,3)18-6-4-12(5-7-18)16-8-10-17(11-9-16)13(15)19/h12H,4-11H2,1-3H3,(H2,15,19). The minimum Gasteiger partial charge on any atom is -0.351 e. The highest BCUT2D eigenvalue weighted by atomic mass is 16.2. The topological polar surface area (TPSA) is 52.8 Å². The van der Waals surface area contributed by atoms with Crippen molar-refractivity contribution in [3.05, 3.63) is 0 Å². The van der Waals surface area contributed by atoms with Gasteiger partial charge in [0.2, 0.25) is 0 Å². The maximum atomic E-state index is 11.1. The Morgan fingerprint density at radius 2 is 1.53 bits per heavy atom. The Morgan fingerprint density at radius 3 is 1.95 bits per heavy atom. The van der Waals surface area contributed by atoms with Crippen LogP contribution in [0, 0.1) is 0 Å². The molecule has 0 radical (unpaired) electrons. The molecular weight excluding hydrogens is 240 g/mol. The van der Waals surface area contributed by atoms with E-state index in [0.717, 1.165) is 26.2 Å². The van der Waals surface area contributed by atoms with Crippen LogP contribution in [0.15, 0.2) is 0 Å². The van der Waals surface area contributed by atoms with Crippen LogP contribution in [0.4, 0.5) is 4.79 Å². The Balaban J connectivity index is 1.78. The second-order valence-electron chi connectivity index (χ2n) is 6.75. The summed E-state index contributed by atoms with van der Waals surface area (Å²) >= 11 is 0. The number of rotatable bonds is 1. The quantitative estimate of drug-likeness (QED) is 0.770. The van der Waals surface area contributed by atoms with Gasteiger partial charge in [-0.2, -0.15) is 0 Å². The fourth-order valence-electron chi connectivity index (χ4n) is 3.21. The summed E-state index contributed by atoms with van der Waals surface area (Å²) in [6.07, 6.45) is 2.49. The van der Waals surface area contributed by atoms with Crippen molar-refractivity contribution < 1.29 is 4.79 Å². The highest BCUT2D eigenvalue weighted by molar-refractivity contribution is 5.72. The lowest BCUT2D eigenvalue weighted by molar-refractivity contribution is 0.0389. The SMILES string of the molecule is CC(C)(C)N1CCC(N2CCN(C(N)=O)CC2)CC1. The molecule has 2 aliphatic heterocycles. The van der Waals surface area contributed by atoms with E-state index in [1.54, 1.807) is 4.90 Å². The molecule has 0 saturated carbocycles. The summed E-state index contributed by atoms with van der Waals surface area (Å²) in [5.41, 5.74) is 5.61. The molecule has 2 fully saturated rings. The fraction of sp³-hybridized carbons (Fsp3) is 0.929. The summed E-state index contributed by atoms with van der Waals surface area (Å²) in [4.78, 5) is 18.0. The van der Waals surface area contributed by atoms with Gasteiger partial charge in [-0.25, -0.2) is 4.79 Å². The van der Waals surface area contributed by atoms with Gasteiger partial charge < -0.3 is 10.6 Å². The zero-order valence-electron chi connectivity index (χ0n) is 12.6. The van der Waals surface area contributed by atoms with E-state index in [9.17, 15) is 4.79 Å². The lowest BCUT2D eigenvalue weighted by atomic mass is 9.96. The van der Waals surface area contributed by atoms with Crippen molar-refractivity contribution in [1.82, 2.24) is 14.7 Å². The van der Waals surface area contributed by atoms with Gasteiger partial charge in [0.25, 0.3) is 0 Å². The lowest BCUT2D eigenvalue weighted by Crippen LogP contribution is -2.56. The molecule has 2 saturated heterocycles. The number of piperidine rings is 1. The molecule has 2 N–H and O–H groups in total. The highest BCUT2D eigenvalue weighted by Gasteiger charge is 2.31. The smallest absolute Gasteiger partial charge is 0.314 e. The maximum absolute atomic E-state index is 11.1. The van der Waals surface area contributed by atoms with Gasteiger partial charge in [-0.15, -0.1) is 0 Å². The Labute approximate surface area is 116 Å². The molecule has 0 aliphatic carbocycles. The monoisotopic (exact) mass is 268 g/mol. The van der Waals surface area contributed by atoms with E-state index in [4.69, 9.17) is 5.73 Å². The van der Waals surface area contributed by atoms with Crippen LogP contribution < -0.4 is 5.73 Å². The van der Waals surface area contributed by atoms with E-state index in [0.29, 0.717) is 6.04 Å². The summed E-state index contributed by atoms with van der Waals surface area (Å²) in [7, 11) is 0. The molecule has 5 heteroatoms. The van der Waals surface area contributed by atoms with E-state index in [-0.39, 0.29) is 11.6 Å². The summed E-state index contributed by atoms with van der Waals surface area (Å²) in [6.45, 7) is 12.8. The second-order valence-corrected chi connectivity index (χ2v) is 6.75. The van der Waals surface area contributed by atoms with Gasteiger partial charge in [0.05, 0.1) is 0 Å². The van der Waals surface area contributed by atoms with Crippen LogP contribution in [0.3, 0.4) is 0 Å². The Morgan fingerprint density at radius 1 is 1.00 bits per heavy atom. The van der Waals surface area contributed by atoms with Crippen LogP contribution in [0.2, 0.25) is 0 Å². The zero-order valence-corrected chi connectivity index (χ0v) is 12.6. The normalized spacial score (nSPS) is 24.7. The van der Waals surface area contributed by atoms with E-state index < -0.39 is 0 Å². The van der Waals surface area contributed by atoms with Gasteiger partial charge >= 0.3 is 6.03 Å². The van der Waals surface area contributed by atoms with Gasteiger partial charge in [0.1, 0.15) is 0 Å². The van der Waals surface area contributed by atoms with Crippen molar-refractivity contribution in [1.29, 1.82) is 0 Å². The molecule has 2 rings (SSSR count). The number of primary amides is 1. The van der Waals surface area contributed by atoms with Crippen molar-refractivity contribution in [3.8, 4) is 0 Å². The van der Waals surface area contributed by atoms with Crippen LogP contribution in [-0.4, -0.2) is 71.6 Å². The first-order chi connectivity index (χ1) is 8.88. The highest BCUT2D eigenvalue weighted by Crippen LogP contribution is 2.23. The molecule has 19 heavy (non-hydrogen) atoms. The summed E-state index contributed by atoms with van der Waals surface area (Å²) < 4.78 is 0. The Hall–Kier alpha value is -0.810. The minimum atomic E-state index is -0.276. The molecular formula is C14H28N4O. The molecule has 0 aromatic carbocycles. The number of carbonyl (C=O) groups is 1. The number of carbonyl (C=O) groups excluding carboxylic acids is 1. The molecule has 0 spiro atoms. The van der Waals surface area contributed by atoms with E-state index in [1.165, 1.54) is 25.9 Å². The van der Waals surface area contributed by atoms with Crippen molar-refractivity contribution in [2.45, 2.75) is 45.2 Å². The first-order valence-corrected chi connectivity index (χ1v) is 7.41. The van der Waals surface area contributed by atoms with Crippen molar-refractivity contribution >= 4 is 6.03 Å². The molecule has 0 atom stereocenters. The average molecular weight is 268 g/mol. The molecule has 2 heterocycles. The molecule has 2 amide bonds. The van der Waals surface area contributed by atoms with Gasteiger partial charge in [0.15, 0.2) is 0 Å². The van der Waals surface area contributed by atoms with Gasteiger partial charge in [-0.1, -0.05) is 0 Å². The van der Waals surface area contributed by atoms with E-state index >= 15 is 0 Å². The largest absolute Gasteiger partial charge is 0.351 e. The molecule has 5 nitrogen and oxygen atoms in total. The number of amides is 2. The number of hydrogen-bond acceptors (Lipinski definition) is 3. The zero-order chi connectivity index (χ0) is 14.0. The van der Waals surface area contributed by atoms with Gasteiger partial charge in [0, 0.05) is 50.8 Å². The van der Waals surface area contributed by atoms with Crippen molar-refractivity contribution in [2.75, 3.05) is 39.3 Å². The first-order valence-electron chi connectivity index (χ1n) is 7.41. The third kappa shape index (κ3) is 3.60. The Bertz CT molecular complexity index is 310. The summed E-state index contributed by atoms with van der Waals surface area (Å²) in [5, 5.41) is 0. The predicted molar refractivity (Wildman–Crippen MR) is 77.1 cm³/mol. The first kappa shape index (κ1) is 14.6. The molecule has 0 unspecified atom stereocenters. The van der Waals surface area contributed by atoms with Crippen LogP contribution in [-0.2, 0) is 0 Å². The third-order valence-corrected chi connectivity index (χ3v) is 4.56.